The molecule has 1 atom stereocenters. The van der Waals surface area contributed by atoms with Crippen molar-refractivity contribution in [3.63, 3.8) is 0 Å². The van der Waals surface area contributed by atoms with Crippen LogP contribution in [-0.2, 0) is 6.54 Å². The Labute approximate surface area is 122 Å². The highest BCUT2D eigenvalue weighted by atomic mass is 15.3. The molecule has 0 aliphatic carbocycles. The van der Waals surface area contributed by atoms with Gasteiger partial charge in [-0.2, -0.15) is 5.10 Å². The van der Waals surface area contributed by atoms with Crippen molar-refractivity contribution in [2.24, 2.45) is 10.9 Å². The molecule has 5 heteroatoms. The molecule has 0 aromatic carbocycles. The summed E-state index contributed by atoms with van der Waals surface area (Å²) in [6, 6.07) is 0.440. The van der Waals surface area contributed by atoms with Crippen LogP contribution < -0.4 is 10.6 Å². The van der Waals surface area contributed by atoms with Gasteiger partial charge in [0.05, 0.1) is 12.7 Å². The lowest BCUT2D eigenvalue weighted by molar-refractivity contribution is 0.487. The third kappa shape index (κ3) is 6.59. The number of aliphatic imine (C=N–C) groups is 1. The molecule has 0 saturated heterocycles. The van der Waals surface area contributed by atoms with Gasteiger partial charge in [-0.3, -0.25) is 9.67 Å². The zero-order chi connectivity index (χ0) is 15.0. The predicted molar refractivity (Wildman–Crippen MR) is 85.0 cm³/mol. The Morgan fingerprint density at radius 2 is 2.10 bits per heavy atom. The first-order valence-electron chi connectivity index (χ1n) is 7.47. The van der Waals surface area contributed by atoms with Crippen molar-refractivity contribution in [3.05, 3.63) is 18.0 Å². The molecule has 0 fully saturated rings. The number of aromatic nitrogens is 2. The summed E-state index contributed by atoms with van der Waals surface area (Å²) in [6.07, 6.45) is 6.32. The molecule has 1 rings (SSSR count). The second kappa shape index (κ2) is 8.61. The summed E-state index contributed by atoms with van der Waals surface area (Å²) in [5.74, 6) is 1.61. The molecular formula is C15H29N5. The minimum absolute atomic E-state index is 0.440. The Bertz CT molecular complexity index is 408. The molecule has 1 aromatic heterocycles. The fraction of sp³-hybridized carbons (Fsp3) is 0.733. The van der Waals surface area contributed by atoms with Crippen molar-refractivity contribution in [1.82, 2.24) is 20.4 Å². The zero-order valence-electron chi connectivity index (χ0n) is 13.5. The molecule has 0 spiro atoms. The van der Waals surface area contributed by atoms with Gasteiger partial charge in [0.15, 0.2) is 5.96 Å². The fourth-order valence-corrected chi connectivity index (χ4v) is 1.96. The molecule has 114 valence electrons. The van der Waals surface area contributed by atoms with E-state index in [2.05, 4.69) is 41.5 Å². The van der Waals surface area contributed by atoms with Gasteiger partial charge in [0, 0.05) is 25.8 Å². The van der Waals surface area contributed by atoms with E-state index in [4.69, 9.17) is 0 Å². The van der Waals surface area contributed by atoms with Gasteiger partial charge in [0.25, 0.3) is 0 Å². The SMILES string of the molecule is CN=C(NCCn1cc(C)cn1)NC(C)CCC(C)C. The topological polar surface area (TPSA) is 54.2 Å². The summed E-state index contributed by atoms with van der Waals surface area (Å²) < 4.78 is 1.94. The van der Waals surface area contributed by atoms with Crippen LogP contribution in [0.4, 0.5) is 0 Å². The van der Waals surface area contributed by atoms with Crippen LogP contribution in [0.2, 0.25) is 0 Å². The number of hydrogen-bond acceptors (Lipinski definition) is 2. The molecule has 0 aliphatic heterocycles. The molecule has 5 nitrogen and oxygen atoms in total. The molecule has 0 saturated carbocycles. The van der Waals surface area contributed by atoms with Crippen molar-refractivity contribution < 1.29 is 0 Å². The number of hydrogen-bond donors (Lipinski definition) is 2. The largest absolute Gasteiger partial charge is 0.355 e. The molecule has 0 radical (unpaired) electrons. The molecule has 0 bridgehead atoms. The van der Waals surface area contributed by atoms with Gasteiger partial charge in [0.2, 0.25) is 0 Å². The number of nitrogens with zero attached hydrogens (tertiary/aromatic N) is 3. The smallest absolute Gasteiger partial charge is 0.191 e. The van der Waals surface area contributed by atoms with Gasteiger partial charge in [0.1, 0.15) is 0 Å². The van der Waals surface area contributed by atoms with Crippen molar-refractivity contribution in [2.45, 2.75) is 53.1 Å². The summed E-state index contributed by atoms with van der Waals surface area (Å²) >= 11 is 0. The van der Waals surface area contributed by atoms with Gasteiger partial charge < -0.3 is 10.6 Å². The Kier molecular flexibility index (Phi) is 7.12. The third-order valence-electron chi connectivity index (χ3n) is 3.18. The van der Waals surface area contributed by atoms with Crippen LogP contribution in [0.1, 0.15) is 39.2 Å². The van der Waals surface area contributed by atoms with Crippen LogP contribution in [0.3, 0.4) is 0 Å². The average Bonchev–Trinajstić information content (AvgIpc) is 2.81. The lowest BCUT2D eigenvalue weighted by atomic mass is 10.0. The van der Waals surface area contributed by atoms with Crippen LogP contribution in [0.15, 0.2) is 17.4 Å². The highest BCUT2D eigenvalue weighted by molar-refractivity contribution is 5.79. The minimum atomic E-state index is 0.440. The molecule has 1 heterocycles. The standard InChI is InChI=1S/C15H29N5/c1-12(2)6-7-14(4)19-15(16-5)17-8-9-20-11-13(3)10-18-20/h10-12,14H,6-9H2,1-5H3,(H2,16,17,19). The minimum Gasteiger partial charge on any atom is -0.355 e. The number of rotatable bonds is 7. The van der Waals surface area contributed by atoms with Crippen LogP contribution in [-0.4, -0.2) is 35.4 Å². The van der Waals surface area contributed by atoms with E-state index in [0.717, 1.165) is 31.4 Å². The highest BCUT2D eigenvalue weighted by Gasteiger charge is 2.06. The first-order chi connectivity index (χ1) is 9.51. The Hall–Kier alpha value is -1.52. The normalized spacial score (nSPS) is 13.6. The highest BCUT2D eigenvalue weighted by Crippen LogP contribution is 2.06. The van der Waals surface area contributed by atoms with Crippen molar-refractivity contribution in [2.75, 3.05) is 13.6 Å². The van der Waals surface area contributed by atoms with Crippen LogP contribution in [0, 0.1) is 12.8 Å². The van der Waals surface area contributed by atoms with Crippen LogP contribution >= 0.6 is 0 Å². The predicted octanol–water partition coefficient (Wildman–Crippen LogP) is 2.18. The van der Waals surface area contributed by atoms with E-state index < -0.39 is 0 Å². The van der Waals surface area contributed by atoms with Gasteiger partial charge in [-0.15, -0.1) is 0 Å². The van der Waals surface area contributed by atoms with E-state index in [1.165, 1.54) is 12.0 Å². The maximum atomic E-state index is 4.26. The van der Waals surface area contributed by atoms with E-state index in [-0.39, 0.29) is 0 Å². The van der Waals surface area contributed by atoms with E-state index in [1.807, 2.05) is 31.0 Å². The Morgan fingerprint density at radius 1 is 1.35 bits per heavy atom. The van der Waals surface area contributed by atoms with Crippen molar-refractivity contribution >= 4 is 5.96 Å². The van der Waals surface area contributed by atoms with Gasteiger partial charge >= 0.3 is 0 Å². The van der Waals surface area contributed by atoms with Crippen molar-refractivity contribution in [3.8, 4) is 0 Å². The fourth-order valence-electron chi connectivity index (χ4n) is 1.96. The Morgan fingerprint density at radius 3 is 2.65 bits per heavy atom. The molecule has 1 aromatic rings. The van der Waals surface area contributed by atoms with E-state index >= 15 is 0 Å². The molecule has 20 heavy (non-hydrogen) atoms. The second-order valence-corrected chi connectivity index (χ2v) is 5.80. The van der Waals surface area contributed by atoms with Crippen molar-refractivity contribution in [1.29, 1.82) is 0 Å². The van der Waals surface area contributed by atoms with E-state index in [1.54, 1.807) is 0 Å². The van der Waals surface area contributed by atoms with Gasteiger partial charge in [-0.1, -0.05) is 13.8 Å². The lowest BCUT2D eigenvalue weighted by Crippen LogP contribution is -2.43. The maximum absolute atomic E-state index is 4.26. The molecule has 2 N–H and O–H groups in total. The second-order valence-electron chi connectivity index (χ2n) is 5.80. The molecule has 0 amide bonds. The first-order valence-corrected chi connectivity index (χ1v) is 7.47. The number of aryl methyl sites for hydroxylation is 1. The van der Waals surface area contributed by atoms with Gasteiger partial charge in [-0.25, -0.2) is 0 Å². The zero-order valence-corrected chi connectivity index (χ0v) is 13.5. The molecular weight excluding hydrogens is 250 g/mol. The number of nitrogens with one attached hydrogen (secondary N) is 2. The Balaban J connectivity index is 2.25. The summed E-state index contributed by atoms with van der Waals surface area (Å²) in [7, 11) is 1.81. The molecule has 1 unspecified atom stereocenters. The lowest BCUT2D eigenvalue weighted by Gasteiger charge is -2.18. The quantitative estimate of drug-likeness (QED) is 0.594. The number of guanidine groups is 1. The van der Waals surface area contributed by atoms with E-state index in [0.29, 0.717) is 6.04 Å². The van der Waals surface area contributed by atoms with E-state index in [9.17, 15) is 0 Å². The summed E-state index contributed by atoms with van der Waals surface area (Å²) in [4.78, 5) is 4.26. The van der Waals surface area contributed by atoms with Gasteiger partial charge in [-0.05, 0) is 38.2 Å². The summed E-state index contributed by atoms with van der Waals surface area (Å²) in [5, 5.41) is 11.0. The van der Waals surface area contributed by atoms with Crippen LogP contribution in [0.25, 0.3) is 0 Å². The maximum Gasteiger partial charge on any atom is 0.191 e. The summed E-state index contributed by atoms with van der Waals surface area (Å²) in [5.41, 5.74) is 1.19. The monoisotopic (exact) mass is 279 g/mol. The first kappa shape index (κ1) is 16.5. The van der Waals surface area contributed by atoms with Crippen LogP contribution in [0.5, 0.6) is 0 Å². The average molecular weight is 279 g/mol. The summed E-state index contributed by atoms with van der Waals surface area (Å²) in [6.45, 7) is 10.4. The molecule has 0 aliphatic rings. The third-order valence-corrected chi connectivity index (χ3v) is 3.18.